The van der Waals surface area contributed by atoms with E-state index in [1.165, 1.54) is 6.07 Å². The van der Waals surface area contributed by atoms with E-state index in [9.17, 15) is 13.2 Å². The molecule has 1 aliphatic carbocycles. The zero-order valence-corrected chi connectivity index (χ0v) is 16.2. The number of amides is 1. The van der Waals surface area contributed by atoms with Crippen molar-refractivity contribution in [1.29, 1.82) is 0 Å². The molecule has 1 amide bonds. The number of nitrogens with one attached hydrogen (secondary N) is 1. The number of para-hydroxylation sites is 1. The second-order valence-corrected chi connectivity index (χ2v) is 8.60. The summed E-state index contributed by atoms with van der Waals surface area (Å²) in [6.07, 6.45) is 5.48. The first-order chi connectivity index (χ1) is 12.9. The highest BCUT2D eigenvalue weighted by Crippen LogP contribution is 2.33. The number of hydrogen-bond donors (Lipinski definition) is 1. The lowest BCUT2D eigenvalue weighted by molar-refractivity contribution is 0.102. The molecule has 27 heavy (non-hydrogen) atoms. The lowest BCUT2D eigenvalue weighted by Crippen LogP contribution is -2.16. The Hall–Kier alpha value is -2.54. The van der Waals surface area contributed by atoms with Crippen LogP contribution in [0, 0.1) is 0 Å². The van der Waals surface area contributed by atoms with Crippen LogP contribution in [0.1, 0.15) is 36.0 Å². The third-order valence-corrected chi connectivity index (χ3v) is 5.71. The summed E-state index contributed by atoms with van der Waals surface area (Å²) in [4.78, 5) is 12.8. The van der Waals surface area contributed by atoms with Gasteiger partial charge in [0, 0.05) is 11.8 Å². The molecule has 0 radical (unpaired) electrons. The summed E-state index contributed by atoms with van der Waals surface area (Å²) in [6, 6.07) is 11.3. The Morgan fingerprint density at radius 2 is 1.78 bits per heavy atom. The van der Waals surface area contributed by atoms with Gasteiger partial charge in [-0.25, -0.2) is 8.42 Å². The molecule has 0 atom stereocenters. The van der Waals surface area contributed by atoms with Crippen molar-refractivity contribution in [2.75, 3.05) is 18.7 Å². The molecule has 0 bridgehead atoms. The second kappa shape index (κ2) is 8.00. The van der Waals surface area contributed by atoms with E-state index in [1.807, 2.05) is 0 Å². The van der Waals surface area contributed by atoms with E-state index in [4.69, 9.17) is 9.47 Å². The number of ether oxygens (including phenoxy) is 2. The van der Waals surface area contributed by atoms with Crippen LogP contribution >= 0.6 is 0 Å². The summed E-state index contributed by atoms with van der Waals surface area (Å²) in [5.41, 5.74) is 0.617. The van der Waals surface area contributed by atoms with Gasteiger partial charge in [0.1, 0.15) is 0 Å². The maximum Gasteiger partial charge on any atom is 0.255 e. The molecular formula is C20H23NO5S. The van der Waals surface area contributed by atoms with Crippen molar-refractivity contribution in [2.24, 2.45) is 0 Å². The molecule has 0 spiro atoms. The first-order valence-corrected chi connectivity index (χ1v) is 10.7. The van der Waals surface area contributed by atoms with Crippen LogP contribution in [-0.2, 0) is 9.84 Å². The van der Waals surface area contributed by atoms with Gasteiger partial charge in [-0.15, -0.1) is 0 Å². The fraction of sp³-hybridized carbons (Fsp3) is 0.350. The first kappa shape index (κ1) is 19.2. The van der Waals surface area contributed by atoms with Crippen LogP contribution in [0.25, 0.3) is 0 Å². The van der Waals surface area contributed by atoms with Crippen molar-refractivity contribution in [2.45, 2.75) is 36.7 Å². The Labute approximate surface area is 159 Å². The molecule has 0 heterocycles. The van der Waals surface area contributed by atoms with Crippen LogP contribution in [0.2, 0.25) is 0 Å². The minimum absolute atomic E-state index is 0.0780. The summed E-state index contributed by atoms with van der Waals surface area (Å²) in [7, 11) is -1.90. The van der Waals surface area contributed by atoms with E-state index in [0.29, 0.717) is 17.1 Å². The van der Waals surface area contributed by atoms with E-state index in [0.717, 1.165) is 31.9 Å². The maximum absolute atomic E-state index is 12.7. The molecule has 144 valence electrons. The topological polar surface area (TPSA) is 81.7 Å². The molecule has 1 aliphatic rings. The Bertz CT molecular complexity index is 933. The minimum Gasteiger partial charge on any atom is -0.493 e. The number of benzene rings is 2. The van der Waals surface area contributed by atoms with Gasteiger partial charge in [0.15, 0.2) is 21.3 Å². The van der Waals surface area contributed by atoms with Gasteiger partial charge in [-0.3, -0.25) is 4.79 Å². The molecule has 1 fully saturated rings. The van der Waals surface area contributed by atoms with Crippen molar-refractivity contribution < 1.29 is 22.7 Å². The number of hydrogen-bond acceptors (Lipinski definition) is 5. The third kappa shape index (κ3) is 4.60. The Balaban J connectivity index is 1.85. The molecule has 7 heteroatoms. The van der Waals surface area contributed by atoms with Crippen LogP contribution in [0.15, 0.2) is 47.4 Å². The normalized spacial score (nSPS) is 14.7. The molecule has 1 N–H and O–H groups in total. The van der Waals surface area contributed by atoms with Crippen molar-refractivity contribution in [3.05, 3.63) is 48.0 Å². The molecule has 3 rings (SSSR count). The van der Waals surface area contributed by atoms with Crippen LogP contribution in [-0.4, -0.2) is 33.8 Å². The largest absolute Gasteiger partial charge is 0.493 e. The second-order valence-electron chi connectivity index (χ2n) is 6.61. The van der Waals surface area contributed by atoms with Crippen molar-refractivity contribution in [3.8, 4) is 11.5 Å². The lowest BCUT2D eigenvalue weighted by atomic mass is 10.1. The standard InChI is InChI=1S/C20H23NO5S/c1-25-17-12-11-14(13-18(17)26-15-7-3-4-8-15)20(22)21-16-9-5-6-10-19(16)27(2,23)24/h5-6,9-13,15H,3-4,7-8H2,1-2H3,(H,21,22). The molecule has 0 aliphatic heterocycles. The van der Waals surface area contributed by atoms with E-state index in [1.54, 1.807) is 43.5 Å². The zero-order chi connectivity index (χ0) is 19.4. The number of rotatable bonds is 6. The average molecular weight is 389 g/mol. The van der Waals surface area contributed by atoms with Gasteiger partial charge in [0.25, 0.3) is 5.91 Å². The predicted octanol–water partition coefficient (Wildman–Crippen LogP) is 3.67. The molecule has 0 unspecified atom stereocenters. The highest BCUT2D eigenvalue weighted by atomic mass is 32.2. The van der Waals surface area contributed by atoms with Gasteiger partial charge < -0.3 is 14.8 Å². The Kier molecular flexibility index (Phi) is 5.70. The fourth-order valence-electron chi connectivity index (χ4n) is 3.18. The molecular weight excluding hydrogens is 366 g/mol. The van der Waals surface area contributed by atoms with E-state index in [2.05, 4.69) is 5.32 Å². The minimum atomic E-state index is -3.46. The Morgan fingerprint density at radius 1 is 1.07 bits per heavy atom. The highest BCUT2D eigenvalue weighted by Gasteiger charge is 2.20. The quantitative estimate of drug-likeness (QED) is 0.815. The number of anilines is 1. The van der Waals surface area contributed by atoms with Crippen LogP contribution in [0.4, 0.5) is 5.69 Å². The predicted molar refractivity (Wildman–Crippen MR) is 103 cm³/mol. The first-order valence-electron chi connectivity index (χ1n) is 8.83. The van der Waals surface area contributed by atoms with Crippen molar-refractivity contribution in [1.82, 2.24) is 0 Å². The smallest absolute Gasteiger partial charge is 0.255 e. The van der Waals surface area contributed by atoms with Gasteiger partial charge in [0.2, 0.25) is 0 Å². The highest BCUT2D eigenvalue weighted by molar-refractivity contribution is 7.90. The molecule has 0 aromatic heterocycles. The maximum atomic E-state index is 12.7. The Morgan fingerprint density at radius 3 is 2.44 bits per heavy atom. The molecule has 2 aromatic carbocycles. The summed E-state index contributed by atoms with van der Waals surface area (Å²) in [5, 5.41) is 2.68. The van der Waals surface area contributed by atoms with Crippen LogP contribution in [0.5, 0.6) is 11.5 Å². The van der Waals surface area contributed by atoms with Gasteiger partial charge in [-0.05, 0) is 56.0 Å². The lowest BCUT2D eigenvalue weighted by Gasteiger charge is -2.17. The van der Waals surface area contributed by atoms with Crippen molar-refractivity contribution >= 4 is 21.4 Å². The molecule has 6 nitrogen and oxygen atoms in total. The summed E-state index contributed by atoms with van der Waals surface area (Å²) >= 11 is 0. The number of methoxy groups -OCH3 is 1. The van der Waals surface area contributed by atoms with Gasteiger partial charge in [-0.2, -0.15) is 0 Å². The number of sulfone groups is 1. The SMILES string of the molecule is COc1ccc(C(=O)Nc2ccccc2S(C)(=O)=O)cc1OC1CCCC1. The van der Waals surface area contributed by atoms with Gasteiger partial charge in [0.05, 0.1) is 23.8 Å². The van der Waals surface area contributed by atoms with E-state index in [-0.39, 0.29) is 16.7 Å². The monoisotopic (exact) mass is 389 g/mol. The van der Waals surface area contributed by atoms with Crippen LogP contribution < -0.4 is 14.8 Å². The fourth-order valence-corrected chi connectivity index (χ4v) is 4.03. The molecule has 2 aromatic rings. The van der Waals surface area contributed by atoms with Crippen LogP contribution in [0.3, 0.4) is 0 Å². The molecule has 1 saturated carbocycles. The average Bonchev–Trinajstić information content (AvgIpc) is 3.14. The number of carbonyl (C=O) groups excluding carboxylic acids is 1. The van der Waals surface area contributed by atoms with Gasteiger partial charge in [-0.1, -0.05) is 12.1 Å². The summed E-state index contributed by atoms with van der Waals surface area (Å²) in [5.74, 6) is 0.674. The van der Waals surface area contributed by atoms with E-state index < -0.39 is 15.7 Å². The third-order valence-electron chi connectivity index (χ3n) is 4.56. The molecule has 0 saturated heterocycles. The zero-order valence-electron chi connectivity index (χ0n) is 15.4. The summed E-state index contributed by atoms with van der Waals surface area (Å²) in [6.45, 7) is 0. The van der Waals surface area contributed by atoms with E-state index >= 15 is 0 Å². The number of carbonyl (C=O) groups is 1. The van der Waals surface area contributed by atoms with Gasteiger partial charge >= 0.3 is 0 Å². The van der Waals surface area contributed by atoms with Crippen molar-refractivity contribution in [3.63, 3.8) is 0 Å². The summed E-state index contributed by atoms with van der Waals surface area (Å²) < 4.78 is 35.2.